The van der Waals surface area contributed by atoms with Gasteiger partial charge in [-0.25, -0.2) is 0 Å². The summed E-state index contributed by atoms with van der Waals surface area (Å²) in [4.78, 5) is 0. The lowest BCUT2D eigenvalue weighted by Gasteiger charge is -1.98. The maximum atomic E-state index is 5.80. The van der Waals surface area contributed by atoms with E-state index >= 15 is 0 Å². The summed E-state index contributed by atoms with van der Waals surface area (Å²) in [5.74, 6) is 1.05. The van der Waals surface area contributed by atoms with Crippen LogP contribution in [-0.4, -0.2) is 7.05 Å². The van der Waals surface area contributed by atoms with E-state index < -0.39 is 0 Å². The van der Waals surface area contributed by atoms with Crippen LogP contribution in [0.2, 0.25) is 0 Å². The first-order valence-electron chi connectivity index (χ1n) is 5.10. The number of fused-ring (bicyclic) bond motifs is 1. The van der Waals surface area contributed by atoms with E-state index in [4.69, 9.17) is 4.42 Å². The molecule has 0 fully saturated rings. The Morgan fingerprint density at radius 3 is 2.87 bits per heavy atom. The maximum absolute atomic E-state index is 5.80. The van der Waals surface area contributed by atoms with Crippen LogP contribution in [0.3, 0.4) is 0 Å². The lowest BCUT2D eigenvalue weighted by Crippen LogP contribution is -2.05. The van der Waals surface area contributed by atoms with Gasteiger partial charge in [0, 0.05) is 15.4 Å². The summed E-state index contributed by atoms with van der Waals surface area (Å²) < 4.78 is 6.90. The Bertz CT molecular complexity index is 476. The number of furan rings is 1. The van der Waals surface area contributed by atoms with E-state index in [9.17, 15) is 0 Å². The summed E-state index contributed by atoms with van der Waals surface area (Å²) >= 11 is 3.49. The fraction of sp³-hybridized carbons (Fsp3) is 0.333. The molecular formula is C12H14BrNO. The first-order valence-corrected chi connectivity index (χ1v) is 5.90. The van der Waals surface area contributed by atoms with Crippen molar-refractivity contribution in [1.82, 2.24) is 5.32 Å². The minimum Gasteiger partial charge on any atom is -0.459 e. The molecule has 2 aromatic rings. The van der Waals surface area contributed by atoms with Crippen molar-refractivity contribution in [2.24, 2.45) is 0 Å². The zero-order chi connectivity index (χ0) is 10.8. The molecule has 1 aromatic carbocycles. The minimum atomic E-state index is 0.787. The predicted octanol–water partition coefficient (Wildman–Crippen LogP) is 3.48. The van der Waals surface area contributed by atoms with Crippen molar-refractivity contribution in [2.75, 3.05) is 7.05 Å². The van der Waals surface area contributed by atoms with Crippen LogP contribution in [0.15, 0.2) is 27.1 Å². The van der Waals surface area contributed by atoms with Crippen LogP contribution in [-0.2, 0) is 13.0 Å². The Kier molecular flexibility index (Phi) is 3.12. The van der Waals surface area contributed by atoms with E-state index in [1.165, 1.54) is 10.9 Å². The van der Waals surface area contributed by atoms with E-state index in [0.29, 0.717) is 0 Å². The third-order valence-corrected chi connectivity index (χ3v) is 3.02. The van der Waals surface area contributed by atoms with Gasteiger partial charge in [-0.3, -0.25) is 0 Å². The van der Waals surface area contributed by atoms with Crippen molar-refractivity contribution in [3.05, 3.63) is 34.0 Å². The average Bonchev–Trinajstić information content (AvgIpc) is 2.55. The molecule has 0 radical (unpaired) electrons. The van der Waals surface area contributed by atoms with Gasteiger partial charge in [-0.15, -0.1) is 0 Å². The van der Waals surface area contributed by atoms with Gasteiger partial charge in [0.2, 0.25) is 0 Å². The fourth-order valence-electron chi connectivity index (χ4n) is 1.86. The number of nitrogens with one attached hydrogen (secondary N) is 1. The zero-order valence-corrected chi connectivity index (χ0v) is 10.5. The average molecular weight is 268 g/mol. The highest BCUT2D eigenvalue weighted by Gasteiger charge is 2.11. The number of halogens is 1. The third-order valence-electron chi connectivity index (χ3n) is 2.53. The van der Waals surface area contributed by atoms with Crippen LogP contribution in [0.25, 0.3) is 11.0 Å². The van der Waals surface area contributed by atoms with E-state index in [0.717, 1.165) is 28.8 Å². The van der Waals surface area contributed by atoms with Crippen molar-refractivity contribution < 1.29 is 4.42 Å². The van der Waals surface area contributed by atoms with E-state index in [-0.39, 0.29) is 0 Å². The molecule has 0 unspecified atom stereocenters. The molecule has 0 aliphatic rings. The molecule has 2 rings (SSSR count). The summed E-state index contributed by atoms with van der Waals surface area (Å²) in [6, 6.07) is 6.14. The summed E-state index contributed by atoms with van der Waals surface area (Å²) in [5.41, 5.74) is 2.28. The van der Waals surface area contributed by atoms with Gasteiger partial charge in [0.25, 0.3) is 0 Å². The number of rotatable bonds is 3. The predicted molar refractivity (Wildman–Crippen MR) is 66.1 cm³/mol. The second kappa shape index (κ2) is 4.37. The molecule has 1 heterocycles. The summed E-state index contributed by atoms with van der Waals surface area (Å²) in [6.07, 6.45) is 1.00. The third kappa shape index (κ3) is 1.94. The fourth-order valence-corrected chi connectivity index (χ4v) is 2.22. The molecular weight excluding hydrogens is 254 g/mol. The molecule has 15 heavy (non-hydrogen) atoms. The molecule has 0 atom stereocenters. The molecule has 3 heteroatoms. The largest absolute Gasteiger partial charge is 0.459 e. The quantitative estimate of drug-likeness (QED) is 0.921. The Hall–Kier alpha value is -0.800. The minimum absolute atomic E-state index is 0.787. The molecule has 0 spiro atoms. The molecule has 80 valence electrons. The standard InChI is InChI=1S/C12H14BrNO/c1-3-9-10-6-8(13)4-5-11(10)15-12(9)7-14-2/h4-6,14H,3,7H2,1-2H3. The van der Waals surface area contributed by atoms with E-state index in [1.54, 1.807) is 0 Å². The number of hydrogen-bond acceptors (Lipinski definition) is 2. The van der Waals surface area contributed by atoms with Gasteiger partial charge >= 0.3 is 0 Å². The van der Waals surface area contributed by atoms with Gasteiger partial charge in [0.1, 0.15) is 11.3 Å². The van der Waals surface area contributed by atoms with E-state index in [1.807, 2.05) is 19.2 Å². The first kappa shape index (κ1) is 10.7. The highest BCUT2D eigenvalue weighted by atomic mass is 79.9. The van der Waals surface area contributed by atoms with Crippen molar-refractivity contribution in [2.45, 2.75) is 19.9 Å². The van der Waals surface area contributed by atoms with Gasteiger partial charge in [-0.2, -0.15) is 0 Å². The SMILES string of the molecule is CCc1c(CNC)oc2ccc(Br)cc12. The van der Waals surface area contributed by atoms with Crippen LogP contribution >= 0.6 is 15.9 Å². The van der Waals surface area contributed by atoms with Gasteiger partial charge in [0.05, 0.1) is 6.54 Å². The van der Waals surface area contributed by atoms with Crippen LogP contribution < -0.4 is 5.32 Å². The number of aryl methyl sites for hydroxylation is 1. The first-order chi connectivity index (χ1) is 7.26. The lowest BCUT2D eigenvalue weighted by molar-refractivity contribution is 0.524. The monoisotopic (exact) mass is 267 g/mol. The van der Waals surface area contributed by atoms with Crippen molar-refractivity contribution in [1.29, 1.82) is 0 Å². The normalized spacial score (nSPS) is 11.1. The Morgan fingerprint density at radius 2 is 2.20 bits per heavy atom. The second-order valence-electron chi connectivity index (χ2n) is 3.53. The van der Waals surface area contributed by atoms with Crippen molar-refractivity contribution in [3.63, 3.8) is 0 Å². The molecule has 0 saturated heterocycles. The van der Waals surface area contributed by atoms with Crippen LogP contribution in [0.4, 0.5) is 0 Å². The van der Waals surface area contributed by atoms with Crippen molar-refractivity contribution >= 4 is 26.9 Å². The number of hydrogen-bond donors (Lipinski definition) is 1. The van der Waals surface area contributed by atoms with Gasteiger partial charge in [-0.1, -0.05) is 22.9 Å². The van der Waals surface area contributed by atoms with Gasteiger partial charge in [0.15, 0.2) is 0 Å². The second-order valence-corrected chi connectivity index (χ2v) is 4.44. The van der Waals surface area contributed by atoms with Gasteiger partial charge < -0.3 is 9.73 Å². The lowest BCUT2D eigenvalue weighted by atomic mass is 10.1. The topological polar surface area (TPSA) is 25.2 Å². The zero-order valence-electron chi connectivity index (χ0n) is 8.93. The summed E-state index contributed by atoms with van der Waals surface area (Å²) in [6.45, 7) is 2.94. The molecule has 0 amide bonds. The summed E-state index contributed by atoms with van der Waals surface area (Å²) in [5, 5.41) is 4.35. The Balaban J connectivity index is 2.63. The molecule has 0 bridgehead atoms. The van der Waals surface area contributed by atoms with Crippen LogP contribution in [0.5, 0.6) is 0 Å². The molecule has 0 aliphatic heterocycles. The highest BCUT2D eigenvalue weighted by molar-refractivity contribution is 9.10. The number of benzene rings is 1. The molecule has 0 saturated carbocycles. The summed E-state index contributed by atoms with van der Waals surface area (Å²) in [7, 11) is 1.93. The maximum Gasteiger partial charge on any atom is 0.134 e. The van der Waals surface area contributed by atoms with Crippen LogP contribution in [0, 0.1) is 0 Å². The smallest absolute Gasteiger partial charge is 0.134 e. The van der Waals surface area contributed by atoms with E-state index in [2.05, 4.69) is 34.2 Å². The van der Waals surface area contributed by atoms with Gasteiger partial charge in [-0.05, 0) is 31.7 Å². The molecule has 1 aromatic heterocycles. The highest BCUT2D eigenvalue weighted by Crippen LogP contribution is 2.28. The molecule has 2 nitrogen and oxygen atoms in total. The van der Waals surface area contributed by atoms with Crippen LogP contribution in [0.1, 0.15) is 18.2 Å². The Labute approximate surface area is 97.8 Å². The molecule has 0 aliphatic carbocycles. The van der Waals surface area contributed by atoms with Crippen molar-refractivity contribution in [3.8, 4) is 0 Å². The Morgan fingerprint density at radius 1 is 1.40 bits per heavy atom. The molecule has 1 N–H and O–H groups in total.